The van der Waals surface area contributed by atoms with Gasteiger partial charge in [0.05, 0.1) is 12.6 Å². The van der Waals surface area contributed by atoms with Crippen LogP contribution in [-0.2, 0) is 0 Å². The number of ether oxygens (including phenoxy) is 1. The van der Waals surface area contributed by atoms with Gasteiger partial charge in [-0.1, -0.05) is 29.8 Å². The average Bonchev–Trinajstić information content (AvgIpc) is 3.55. The van der Waals surface area contributed by atoms with Gasteiger partial charge in [-0.25, -0.2) is 0 Å². The third-order valence-corrected chi connectivity index (χ3v) is 6.16. The first-order valence-corrected chi connectivity index (χ1v) is 11.7. The van der Waals surface area contributed by atoms with Gasteiger partial charge in [0.15, 0.2) is 0 Å². The number of amides is 1. The molecule has 6 nitrogen and oxygen atoms in total. The van der Waals surface area contributed by atoms with E-state index < -0.39 is 0 Å². The minimum atomic E-state index is 0.0360. The highest BCUT2D eigenvalue weighted by molar-refractivity contribution is 5.95. The largest absolute Gasteiger partial charge is 0.494 e. The molecular weight excluding hydrogens is 426 g/mol. The molecule has 0 radical (unpaired) electrons. The van der Waals surface area contributed by atoms with E-state index in [1.54, 1.807) is 0 Å². The number of aromatic nitrogens is 2. The van der Waals surface area contributed by atoms with Crippen molar-refractivity contribution in [3.05, 3.63) is 89.5 Å². The van der Waals surface area contributed by atoms with Crippen molar-refractivity contribution in [2.75, 3.05) is 13.2 Å². The molecule has 172 valence electrons. The lowest BCUT2D eigenvalue weighted by atomic mass is 10.0. The Balaban J connectivity index is 1.31. The van der Waals surface area contributed by atoms with Crippen LogP contribution < -0.4 is 4.74 Å². The maximum absolute atomic E-state index is 13.3. The third kappa shape index (κ3) is 4.44. The van der Waals surface area contributed by atoms with Crippen LogP contribution in [0.5, 0.6) is 5.75 Å². The molecule has 1 saturated heterocycles. The molecule has 1 atom stereocenters. The lowest BCUT2D eigenvalue weighted by Crippen LogP contribution is -2.30. The number of hydrogen-bond acceptors (Lipinski definition) is 5. The maximum Gasteiger partial charge on any atom is 0.254 e. The first-order valence-electron chi connectivity index (χ1n) is 11.7. The van der Waals surface area contributed by atoms with Gasteiger partial charge in [-0.2, -0.15) is 0 Å². The van der Waals surface area contributed by atoms with Gasteiger partial charge in [-0.3, -0.25) is 4.79 Å². The summed E-state index contributed by atoms with van der Waals surface area (Å²) in [6.45, 7) is 5.39. The molecule has 6 heteroatoms. The smallest absolute Gasteiger partial charge is 0.254 e. The van der Waals surface area contributed by atoms with Crippen molar-refractivity contribution >= 4 is 5.91 Å². The maximum atomic E-state index is 13.3. The molecule has 0 saturated carbocycles. The predicted molar refractivity (Wildman–Crippen MR) is 131 cm³/mol. The second-order valence-corrected chi connectivity index (χ2v) is 8.52. The molecule has 0 spiro atoms. The third-order valence-electron chi connectivity index (χ3n) is 6.16. The van der Waals surface area contributed by atoms with Gasteiger partial charge in [0.2, 0.25) is 11.8 Å². The van der Waals surface area contributed by atoms with E-state index in [1.807, 2.05) is 79.4 Å². The Labute approximate surface area is 199 Å². The molecule has 4 aromatic rings. The van der Waals surface area contributed by atoms with Crippen LogP contribution in [0, 0.1) is 6.92 Å². The number of benzene rings is 3. The van der Waals surface area contributed by atoms with Crippen molar-refractivity contribution in [3.63, 3.8) is 0 Å². The van der Waals surface area contributed by atoms with Crippen molar-refractivity contribution < 1.29 is 13.9 Å². The molecule has 0 bridgehead atoms. The first-order chi connectivity index (χ1) is 16.6. The van der Waals surface area contributed by atoms with E-state index in [2.05, 4.69) is 22.3 Å². The molecule has 0 N–H and O–H groups in total. The van der Waals surface area contributed by atoms with Crippen molar-refractivity contribution in [2.24, 2.45) is 0 Å². The zero-order chi connectivity index (χ0) is 23.5. The lowest BCUT2D eigenvalue weighted by Gasteiger charge is -2.25. The molecule has 3 aromatic carbocycles. The predicted octanol–water partition coefficient (Wildman–Crippen LogP) is 6.09. The molecule has 1 aliphatic rings. The number of likely N-dealkylation sites (tertiary alicyclic amines) is 1. The summed E-state index contributed by atoms with van der Waals surface area (Å²) in [7, 11) is 0. The van der Waals surface area contributed by atoms with E-state index in [0.29, 0.717) is 24.0 Å². The molecule has 5 rings (SSSR count). The zero-order valence-electron chi connectivity index (χ0n) is 19.4. The summed E-state index contributed by atoms with van der Waals surface area (Å²) < 4.78 is 11.4. The number of nitrogens with zero attached hydrogens (tertiary/aromatic N) is 3. The minimum Gasteiger partial charge on any atom is -0.494 e. The summed E-state index contributed by atoms with van der Waals surface area (Å²) in [5, 5.41) is 8.38. The fourth-order valence-corrected chi connectivity index (χ4v) is 4.47. The van der Waals surface area contributed by atoms with Crippen LogP contribution in [0.15, 0.2) is 77.2 Å². The molecule has 1 unspecified atom stereocenters. The molecule has 1 fully saturated rings. The van der Waals surface area contributed by atoms with E-state index in [-0.39, 0.29) is 11.9 Å². The summed E-state index contributed by atoms with van der Waals surface area (Å²) in [4.78, 5) is 15.3. The van der Waals surface area contributed by atoms with Crippen LogP contribution in [0.25, 0.3) is 22.9 Å². The Morgan fingerprint density at radius 1 is 1.00 bits per heavy atom. The summed E-state index contributed by atoms with van der Waals surface area (Å²) in [5.41, 5.74) is 4.60. The van der Waals surface area contributed by atoms with Crippen LogP contribution in [0.1, 0.15) is 47.3 Å². The van der Waals surface area contributed by atoms with Crippen LogP contribution >= 0.6 is 0 Å². The Bertz CT molecular complexity index is 1280. The van der Waals surface area contributed by atoms with Gasteiger partial charge in [0.25, 0.3) is 5.91 Å². The molecule has 2 heterocycles. The Kier molecular flexibility index (Phi) is 6.12. The number of rotatable bonds is 6. The summed E-state index contributed by atoms with van der Waals surface area (Å²) in [6, 6.07) is 23.5. The molecule has 1 amide bonds. The number of carbonyl (C=O) groups excluding carboxylic acids is 1. The van der Waals surface area contributed by atoms with E-state index >= 15 is 0 Å². The Morgan fingerprint density at radius 2 is 1.74 bits per heavy atom. The normalized spacial score (nSPS) is 15.5. The van der Waals surface area contributed by atoms with Gasteiger partial charge in [0.1, 0.15) is 5.75 Å². The summed E-state index contributed by atoms with van der Waals surface area (Å²) in [6.07, 6.45) is 1.95. The van der Waals surface area contributed by atoms with E-state index in [0.717, 1.165) is 47.4 Å². The molecular formula is C28H27N3O3. The molecule has 1 aliphatic heterocycles. The SMILES string of the molecule is CCOc1ccc(C2CCCN2C(=O)c2ccc(-c3nnc(-c4cccc(C)c4)o3)cc2)cc1. The molecule has 0 aliphatic carbocycles. The highest BCUT2D eigenvalue weighted by atomic mass is 16.5. The van der Waals surface area contributed by atoms with E-state index in [1.165, 1.54) is 0 Å². The van der Waals surface area contributed by atoms with Crippen molar-refractivity contribution in [3.8, 4) is 28.7 Å². The highest BCUT2D eigenvalue weighted by Crippen LogP contribution is 2.34. The monoisotopic (exact) mass is 453 g/mol. The zero-order valence-corrected chi connectivity index (χ0v) is 19.4. The quantitative estimate of drug-likeness (QED) is 0.353. The van der Waals surface area contributed by atoms with Crippen LogP contribution in [0.2, 0.25) is 0 Å². The fraction of sp³-hybridized carbons (Fsp3) is 0.250. The second kappa shape index (κ2) is 9.51. The number of carbonyl (C=O) groups is 1. The van der Waals surface area contributed by atoms with Gasteiger partial charge >= 0.3 is 0 Å². The van der Waals surface area contributed by atoms with Crippen LogP contribution in [0.4, 0.5) is 0 Å². The van der Waals surface area contributed by atoms with Crippen molar-refractivity contribution in [1.29, 1.82) is 0 Å². The average molecular weight is 454 g/mol. The van der Waals surface area contributed by atoms with Gasteiger partial charge in [0, 0.05) is 23.2 Å². The number of hydrogen-bond donors (Lipinski definition) is 0. The Hall–Kier alpha value is -3.93. The van der Waals surface area contributed by atoms with Gasteiger partial charge in [-0.15, -0.1) is 10.2 Å². The summed E-state index contributed by atoms with van der Waals surface area (Å²) >= 11 is 0. The van der Waals surface area contributed by atoms with Crippen molar-refractivity contribution in [1.82, 2.24) is 15.1 Å². The van der Waals surface area contributed by atoms with E-state index in [9.17, 15) is 4.79 Å². The molecule has 1 aromatic heterocycles. The summed E-state index contributed by atoms with van der Waals surface area (Å²) in [5.74, 6) is 1.80. The standard InChI is InChI=1S/C28H27N3O3/c1-3-33-24-15-13-20(14-16-24)25-8-5-17-31(25)28(32)22-11-9-21(10-12-22)26-29-30-27(34-26)23-7-4-6-19(2)18-23/h4,6-7,9-16,18,25H,3,5,8,17H2,1-2H3. The lowest BCUT2D eigenvalue weighted by molar-refractivity contribution is 0.0735. The van der Waals surface area contributed by atoms with Gasteiger partial charge in [-0.05, 0) is 80.8 Å². The highest BCUT2D eigenvalue weighted by Gasteiger charge is 2.30. The molecule has 34 heavy (non-hydrogen) atoms. The van der Waals surface area contributed by atoms with Crippen molar-refractivity contribution in [2.45, 2.75) is 32.7 Å². The topological polar surface area (TPSA) is 68.5 Å². The fourth-order valence-electron chi connectivity index (χ4n) is 4.47. The second-order valence-electron chi connectivity index (χ2n) is 8.52. The van der Waals surface area contributed by atoms with Gasteiger partial charge < -0.3 is 14.1 Å². The van der Waals surface area contributed by atoms with Crippen LogP contribution in [-0.4, -0.2) is 34.2 Å². The number of aryl methyl sites for hydroxylation is 1. The first kappa shape index (κ1) is 21.9. The van der Waals surface area contributed by atoms with E-state index in [4.69, 9.17) is 9.15 Å². The Morgan fingerprint density at radius 3 is 2.44 bits per heavy atom. The van der Waals surface area contributed by atoms with Crippen LogP contribution in [0.3, 0.4) is 0 Å². The minimum absolute atomic E-state index is 0.0360.